The van der Waals surface area contributed by atoms with E-state index in [9.17, 15) is 13.2 Å². The summed E-state index contributed by atoms with van der Waals surface area (Å²) in [6.45, 7) is 6.12. The lowest BCUT2D eigenvalue weighted by Gasteiger charge is -2.25. The van der Waals surface area contributed by atoms with Gasteiger partial charge in [0.1, 0.15) is 24.3 Å². The molecule has 38 heavy (non-hydrogen) atoms. The Morgan fingerprint density at radius 3 is 1.74 bits per heavy atom. The Morgan fingerprint density at radius 2 is 1.18 bits per heavy atom. The molecule has 190 valence electrons. The lowest BCUT2D eigenvalue weighted by atomic mass is 9.84. The van der Waals surface area contributed by atoms with Crippen molar-refractivity contribution < 1.29 is 13.2 Å². The minimum absolute atomic E-state index is 0.253. The Bertz CT molecular complexity index is 1810. The Kier molecular flexibility index (Phi) is 5.34. The summed E-state index contributed by atoms with van der Waals surface area (Å²) in [5.41, 5.74) is 4.09. The second kappa shape index (κ2) is 8.51. The number of alkyl halides is 3. The quantitative estimate of drug-likeness (QED) is 0.260. The zero-order valence-electron chi connectivity index (χ0n) is 20.9. The highest BCUT2D eigenvalue weighted by Gasteiger charge is 2.31. The number of hydrogen-bond donors (Lipinski definition) is 0. The van der Waals surface area contributed by atoms with Crippen LogP contribution in [-0.4, -0.2) is 29.1 Å². The minimum atomic E-state index is -4.43. The first-order valence-corrected chi connectivity index (χ1v) is 12.0. The zero-order valence-corrected chi connectivity index (χ0v) is 20.9. The average molecular weight is 513 g/mol. The molecule has 0 aliphatic carbocycles. The molecule has 0 unspecified atom stereocenters. The molecule has 6 aromatic rings. The molecule has 0 spiro atoms. The molecule has 6 rings (SSSR count). The van der Waals surface area contributed by atoms with Crippen molar-refractivity contribution in [3.63, 3.8) is 0 Å². The molecule has 4 heterocycles. The molecule has 0 saturated carbocycles. The van der Waals surface area contributed by atoms with E-state index in [-0.39, 0.29) is 5.52 Å². The van der Waals surface area contributed by atoms with Crippen LogP contribution >= 0.6 is 0 Å². The third kappa shape index (κ3) is 4.00. The number of aryl methyl sites for hydroxylation is 1. The van der Waals surface area contributed by atoms with Crippen LogP contribution in [0.4, 0.5) is 13.2 Å². The van der Waals surface area contributed by atoms with Crippen molar-refractivity contribution >= 4 is 22.1 Å². The van der Waals surface area contributed by atoms with Crippen molar-refractivity contribution in [3.8, 4) is 11.6 Å². The van der Waals surface area contributed by atoms with Gasteiger partial charge >= 0.3 is 6.18 Å². The van der Waals surface area contributed by atoms with E-state index in [0.29, 0.717) is 11.3 Å². The fourth-order valence-corrected chi connectivity index (χ4v) is 4.62. The molecular formula is C29H23F3N6. The maximum atomic E-state index is 13.1. The van der Waals surface area contributed by atoms with Crippen molar-refractivity contribution in [2.45, 2.75) is 32.4 Å². The van der Waals surface area contributed by atoms with E-state index in [0.717, 1.165) is 45.9 Å². The molecular weight excluding hydrogens is 489 g/mol. The largest absolute Gasteiger partial charge is 0.416 e. The predicted octanol–water partition coefficient (Wildman–Crippen LogP) is 6.81. The van der Waals surface area contributed by atoms with Crippen LogP contribution in [0.5, 0.6) is 0 Å². The van der Waals surface area contributed by atoms with E-state index >= 15 is 0 Å². The van der Waals surface area contributed by atoms with Gasteiger partial charge in [-0.3, -0.25) is 9.13 Å². The van der Waals surface area contributed by atoms with Crippen molar-refractivity contribution in [1.82, 2.24) is 29.1 Å². The Balaban J connectivity index is 1.38. The fraction of sp³-hybridized carbons (Fsp3) is 0.172. The molecule has 2 aromatic carbocycles. The van der Waals surface area contributed by atoms with E-state index in [1.54, 1.807) is 10.9 Å². The number of halogens is 3. The molecule has 4 aromatic heterocycles. The molecule has 0 radical (unpaired) electrons. The average Bonchev–Trinajstić information content (AvgIpc) is 3.52. The van der Waals surface area contributed by atoms with Gasteiger partial charge in [0, 0.05) is 5.41 Å². The molecule has 9 heteroatoms. The molecule has 0 N–H and O–H groups in total. The van der Waals surface area contributed by atoms with Crippen LogP contribution in [0.1, 0.15) is 36.4 Å². The maximum Gasteiger partial charge on any atom is 0.416 e. The topological polar surface area (TPSA) is 61.4 Å². The first kappa shape index (κ1) is 23.8. The summed E-state index contributed by atoms with van der Waals surface area (Å²) in [5.74, 6) is 1.31. The standard InChI is InChI=1S/C29H23F3N6/c1-18-10-12-22-20(14-18)33-16-37(22)26-8-4-6-24(35-26)28(2,3)25-7-5-9-27(36-25)38-17-34-21-15-19(29(30,31)32)11-13-23(21)38/h4-17H,1-3H3. The van der Waals surface area contributed by atoms with Gasteiger partial charge in [0.25, 0.3) is 0 Å². The summed E-state index contributed by atoms with van der Waals surface area (Å²) in [6.07, 6.45) is -1.16. The van der Waals surface area contributed by atoms with Gasteiger partial charge in [-0.1, -0.05) is 18.2 Å². The van der Waals surface area contributed by atoms with Gasteiger partial charge in [-0.15, -0.1) is 0 Å². The maximum absolute atomic E-state index is 13.1. The van der Waals surface area contributed by atoms with Gasteiger partial charge in [-0.05, 0) is 80.9 Å². The number of benzene rings is 2. The number of imidazole rings is 2. The van der Waals surface area contributed by atoms with E-state index in [2.05, 4.69) is 9.97 Å². The van der Waals surface area contributed by atoms with Crippen LogP contribution in [0.3, 0.4) is 0 Å². The van der Waals surface area contributed by atoms with Gasteiger partial charge in [-0.25, -0.2) is 19.9 Å². The number of fused-ring (bicyclic) bond motifs is 2. The van der Waals surface area contributed by atoms with Crippen molar-refractivity contribution in [3.05, 3.63) is 108 Å². The summed E-state index contributed by atoms with van der Waals surface area (Å²) < 4.78 is 43.1. The third-order valence-corrected chi connectivity index (χ3v) is 6.82. The third-order valence-electron chi connectivity index (χ3n) is 6.82. The Morgan fingerprint density at radius 1 is 0.658 bits per heavy atom. The SMILES string of the molecule is Cc1ccc2c(c1)ncn2-c1cccc(C(C)(C)c2cccc(-n3cnc4cc(C(F)(F)F)ccc43)n2)n1. The van der Waals surface area contributed by atoms with Gasteiger partial charge in [0.05, 0.1) is 39.0 Å². The molecule has 0 atom stereocenters. The smallest absolute Gasteiger partial charge is 0.283 e. The van der Waals surface area contributed by atoms with Gasteiger partial charge < -0.3 is 0 Å². The second-order valence-electron chi connectivity index (χ2n) is 9.81. The highest BCUT2D eigenvalue weighted by Crippen LogP contribution is 2.33. The van der Waals surface area contributed by atoms with Crippen LogP contribution < -0.4 is 0 Å². The number of pyridine rings is 2. The Hall–Kier alpha value is -4.53. The van der Waals surface area contributed by atoms with Gasteiger partial charge in [0.2, 0.25) is 0 Å². The molecule has 0 aliphatic heterocycles. The van der Waals surface area contributed by atoms with Crippen LogP contribution in [-0.2, 0) is 11.6 Å². The molecule has 0 saturated heterocycles. The number of hydrogen-bond acceptors (Lipinski definition) is 4. The lowest BCUT2D eigenvalue weighted by Crippen LogP contribution is -2.23. The number of nitrogens with zero attached hydrogens (tertiary/aromatic N) is 6. The van der Waals surface area contributed by atoms with Crippen LogP contribution in [0, 0.1) is 6.92 Å². The highest BCUT2D eigenvalue weighted by molar-refractivity contribution is 5.78. The van der Waals surface area contributed by atoms with Gasteiger partial charge in [-0.2, -0.15) is 13.2 Å². The van der Waals surface area contributed by atoms with Crippen molar-refractivity contribution in [1.29, 1.82) is 0 Å². The summed E-state index contributed by atoms with van der Waals surface area (Å²) in [4.78, 5) is 18.6. The molecule has 0 amide bonds. The van der Waals surface area contributed by atoms with Gasteiger partial charge in [0.15, 0.2) is 0 Å². The summed E-state index contributed by atoms with van der Waals surface area (Å²) in [6, 6.07) is 21.1. The molecule has 0 bridgehead atoms. The van der Waals surface area contributed by atoms with E-state index in [1.807, 2.05) is 79.9 Å². The van der Waals surface area contributed by atoms with E-state index in [1.165, 1.54) is 12.4 Å². The normalized spacial score (nSPS) is 12.5. The Labute approximate surface area is 216 Å². The van der Waals surface area contributed by atoms with Crippen LogP contribution in [0.2, 0.25) is 0 Å². The summed E-state index contributed by atoms with van der Waals surface area (Å²) >= 11 is 0. The highest BCUT2D eigenvalue weighted by atomic mass is 19.4. The van der Waals surface area contributed by atoms with Crippen molar-refractivity contribution in [2.75, 3.05) is 0 Å². The van der Waals surface area contributed by atoms with Crippen LogP contribution in [0.15, 0.2) is 85.5 Å². The number of rotatable bonds is 4. The summed E-state index contributed by atoms with van der Waals surface area (Å²) in [7, 11) is 0. The second-order valence-corrected chi connectivity index (χ2v) is 9.81. The van der Waals surface area contributed by atoms with E-state index in [4.69, 9.17) is 9.97 Å². The fourth-order valence-electron chi connectivity index (χ4n) is 4.62. The first-order chi connectivity index (χ1) is 18.1. The van der Waals surface area contributed by atoms with Crippen LogP contribution in [0.25, 0.3) is 33.7 Å². The lowest BCUT2D eigenvalue weighted by molar-refractivity contribution is -0.137. The zero-order chi connectivity index (χ0) is 26.7. The summed E-state index contributed by atoms with van der Waals surface area (Å²) in [5, 5.41) is 0. The van der Waals surface area contributed by atoms with Crippen molar-refractivity contribution in [2.24, 2.45) is 0 Å². The monoisotopic (exact) mass is 512 g/mol. The number of aromatic nitrogens is 6. The van der Waals surface area contributed by atoms with E-state index < -0.39 is 17.2 Å². The molecule has 6 nitrogen and oxygen atoms in total. The predicted molar refractivity (Wildman–Crippen MR) is 140 cm³/mol. The molecule has 0 aliphatic rings. The first-order valence-electron chi connectivity index (χ1n) is 12.0. The minimum Gasteiger partial charge on any atom is -0.283 e. The molecule has 0 fully saturated rings.